The molecule has 2 aromatic carbocycles. The van der Waals surface area contributed by atoms with E-state index in [9.17, 15) is 13.2 Å². The quantitative estimate of drug-likeness (QED) is 0.654. The molecule has 3 rings (SSSR count). The molecule has 2 aromatic rings. The van der Waals surface area contributed by atoms with Crippen molar-refractivity contribution in [1.29, 1.82) is 0 Å². The Morgan fingerprint density at radius 2 is 1.89 bits per heavy atom. The van der Waals surface area contributed by atoms with Gasteiger partial charge in [-0.3, -0.25) is 4.79 Å². The molecule has 1 aliphatic rings. The van der Waals surface area contributed by atoms with Crippen LogP contribution in [0.2, 0.25) is 0 Å². The van der Waals surface area contributed by atoms with Crippen molar-refractivity contribution >= 4 is 33.4 Å². The summed E-state index contributed by atoms with van der Waals surface area (Å²) in [7, 11) is -2.13. The lowest BCUT2D eigenvalue weighted by Gasteiger charge is -2.17. The van der Waals surface area contributed by atoms with E-state index in [1.54, 1.807) is 24.1 Å². The SMILES string of the molecule is COc1ccc(OCCSCC(=O)N2CCc3cc(S(N)(=O)=O)ccc32)cc1. The smallest absolute Gasteiger partial charge is 0.238 e. The van der Waals surface area contributed by atoms with Gasteiger partial charge in [0.1, 0.15) is 11.5 Å². The number of hydrogen-bond donors (Lipinski definition) is 1. The molecule has 0 saturated carbocycles. The molecule has 28 heavy (non-hydrogen) atoms. The van der Waals surface area contributed by atoms with Crippen LogP contribution in [0.5, 0.6) is 11.5 Å². The Labute approximate surface area is 168 Å². The van der Waals surface area contributed by atoms with E-state index in [-0.39, 0.29) is 10.8 Å². The molecule has 0 fully saturated rings. The summed E-state index contributed by atoms with van der Waals surface area (Å²) in [5.41, 5.74) is 1.58. The summed E-state index contributed by atoms with van der Waals surface area (Å²) in [5.74, 6) is 2.54. The maximum Gasteiger partial charge on any atom is 0.238 e. The second kappa shape index (κ2) is 8.85. The van der Waals surface area contributed by atoms with Gasteiger partial charge < -0.3 is 14.4 Å². The van der Waals surface area contributed by atoms with Crippen LogP contribution in [-0.4, -0.2) is 46.1 Å². The first-order valence-corrected chi connectivity index (χ1v) is 11.4. The highest BCUT2D eigenvalue weighted by Gasteiger charge is 2.25. The van der Waals surface area contributed by atoms with Crippen LogP contribution < -0.4 is 19.5 Å². The van der Waals surface area contributed by atoms with Crippen molar-refractivity contribution in [2.75, 3.05) is 36.7 Å². The number of anilines is 1. The summed E-state index contributed by atoms with van der Waals surface area (Å²) < 4.78 is 33.7. The number of primary sulfonamides is 1. The van der Waals surface area contributed by atoms with Crippen LogP contribution in [0.15, 0.2) is 47.4 Å². The number of fused-ring (bicyclic) bond motifs is 1. The molecule has 2 N–H and O–H groups in total. The second-order valence-corrected chi connectivity index (χ2v) is 8.87. The first-order valence-electron chi connectivity index (χ1n) is 8.69. The molecule has 9 heteroatoms. The maximum atomic E-state index is 12.5. The average molecular weight is 423 g/mol. The maximum absolute atomic E-state index is 12.5. The Bertz CT molecular complexity index is 945. The van der Waals surface area contributed by atoms with Gasteiger partial charge >= 0.3 is 0 Å². The molecule has 0 aromatic heterocycles. The predicted octanol–water partition coefficient (Wildman–Crippen LogP) is 2.04. The van der Waals surface area contributed by atoms with Crippen molar-refractivity contribution in [2.24, 2.45) is 5.14 Å². The summed E-state index contributed by atoms with van der Waals surface area (Å²) in [5, 5.41) is 5.17. The summed E-state index contributed by atoms with van der Waals surface area (Å²) in [6, 6.07) is 12.0. The van der Waals surface area contributed by atoms with Crippen LogP contribution in [0.25, 0.3) is 0 Å². The van der Waals surface area contributed by atoms with Gasteiger partial charge in [-0.25, -0.2) is 13.6 Å². The normalized spacial score (nSPS) is 13.3. The topological polar surface area (TPSA) is 98.9 Å². The van der Waals surface area contributed by atoms with Crippen molar-refractivity contribution in [3.8, 4) is 11.5 Å². The van der Waals surface area contributed by atoms with E-state index in [0.29, 0.717) is 31.1 Å². The number of ether oxygens (including phenoxy) is 2. The van der Waals surface area contributed by atoms with E-state index in [4.69, 9.17) is 14.6 Å². The minimum atomic E-state index is -3.74. The van der Waals surface area contributed by atoms with Crippen molar-refractivity contribution < 1.29 is 22.7 Å². The number of thioether (sulfide) groups is 1. The third-order valence-corrected chi connectivity index (χ3v) is 6.17. The van der Waals surface area contributed by atoms with Crippen LogP contribution in [0.4, 0.5) is 5.69 Å². The van der Waals surface area contributed by atoms with Gasteiger partial charge in [0.2, 0.25) is 15.9 Å². The third-order valence-electron chi connectivity index (χ3n) is 4.36. The number of benzene rings is 2. The van der Waals surface area contributed by atoms with Gasteiger partial charge in [0.05, 0.1) is 24.4 Å². The Morgan fingerprint density at radius 3 is 2.57 bits per heavy atom. The van der Waals surface area contributed by atoms with Crippen molar-refractivity contribution in [3.63, 3.8) is 0 Å². The molecular weight excluding hydrogens is 400 g/mol. The molecule has 0 spiro atoms. The van der Waals surface area contributed by atoms with Crippen LogP contribution in [-0.2, 0) is 21.2 Å². The molecule has 1 aliphatic heterocycles. The zero-order valence-electron chi connectivity index (χ0n) is 15.5. The molecule has 1 amide bonds. The van der Waals surface area contributed by atoms with Crippen LogP contribution in [0.1, 0.15) is 5.56 Å². The lowest BCUT2D eigenvalue weighted by Crippen LogP contribution is -2.30. The molecule has 0 saturated heterocycles. The fraction of sp³-hybridized carbons (Fsp3) is 0.316. The Kier molecular flexibility index (Phi) is 6.48. The van der Waals surface area contributed by atoms with Crippen molar-refractivity contribution in [1.82, 2.24) is 0 Å². The fourth-order valence-corrected chi connectivity index (χ4v) is 4.18. The number of nitrogens with zero attached hydrogens (tertiary/aromatic N) is 1. The lowest BCUT2D eigenvalue weighted by molar-refractivity contribution is -0.116. The van der Waals surface area contributed by atoms with E-state index in [2.05, 4.69) is 0 Å². The largest absolute Gasteiger partial charge is 0.497 e. The third kappa shape index (κ3) is 4.98. The van der Waals surface area contributed by atoms with Gasteiger partial charge in [0.25, 0.3) is 0 Å². The van der Waals surface area contributed by atoms with Crippen molar-refractivity contribution in [3.05, 3.63) is 48.0 Å². The van der Waals surface area contributed by atoms with Crippen molar-refractivity contribution in [2.45, 2.75) is 11.3 Å². The number of hydrogen-bond acceptors (Lipinski definition) is 6. The Balaban J connectivity index is 1.46. The number of carbonyl (C=O) groups is 1. The first kappa shape index (κ1) is 20.5. The summed E-state index contributed by atoms with van der Waals surface area (Å²) in [6.07, 6.45) is 0.621. The van der Waals surface area contributed by atoms with E-state index in [0.717, 1.165) is 22.7 Å². The molecular formula is C19H22N2O5S2. The second-order valence-electron chi connectivity index (χ2n) is 6.21. The number of rotatable bonds is 8. The average Bonchev–Trinajstić information content (AvgIpc) is 3.11. The van der Waals surface area contributed by atoms with Gasteiger partial charge in [0.15, 0.2) is 0 Å². The number of methoxy groups -OCH3 is 1. The minimum Gasteiger partial charge on any atom is -0.497 e. The summed E-state index contributed by atoms with van der Waals surface area (Å²) in [4.78, 5) is 14.3. The zero-order valence-corrected chi connectivity index (χ0v) is 17.1. The van der Waals surface area contributed by atoms with E-state index in [1.807, 2.05) is 24.3 Å². The number of amides is 1. The highest BCUT2D eigenvalue weighted by molar-refractivity contribution is 7.99. The number of nitrogens with two attached hydrogens (primary N) is 1. The first-order chi connectivity index (χ1) is 13.4. The van der Waals surface area contributed by atoms with Gasteiger partial charge in [0, 0.05) is 18.0 Å². The van der Waals surface area contributed by atoms with E-state index < -0.39 is 10.0 Å². The molecule has 150 valence electrons. The monoisotopic (exact) mass is 422 g/mol. The molecule has 0 aliphatic carbocycles. The van der Waals surface area contributed by atoms with Crippen LogP contribution in [0, 0.1) is 0 Å². The molecule has 0 atom stereocenters. The molecule has 0 radical (unpaired) electrons. The highest BCUT2D eigenvalue weighted by atomic mass is 32.2. The summed E-state index contributed by atoms with van der Waals surface area (Å²) in [6.45, 7) is 1.05. The van der Waals surface area contributed by atoms with E-state index >= 15 is 0 Å². The molecule has 7 nitrogen and oxygen atoms in total. The molecule has 0 bridgehead atoms. The van der Waals surface area contributed by atoms with Gasteiger partial charge in [-0.1, -0.05) is 0 Å². The van der Waals surface area contributed by atoms with Gasteiger partial charge in [-0.2, -0.15) is 0 Å². The standard InChI is InChI=1S/C19H22N2O5S2/c1-25-15-2-4-16(5-3-15)26-10-11-27-13-19(22)21-9-8-14-12-17(28(20,23)24)6-7-18(14)21/h2-7,12H,8-11,13H2,1H3,(H2,20,23,24). The Hall–Kier alpha value is -2.23. The van der Waals surface area contributed by atoms with Crippen LogP contribution >= 0.6 is 11.8 Å². The number of carbonyl (C=O) groups excluding carboxylic acids is 1. The van der Waals surface area contributed by atoms with Crippen LogP contribution in [0.3, 0.4) is 0 Å². The summed E-state index contributed by atoms with van der Waals surface area (Å²) >= 11 is 1.50. The number of sulfonamides is 1. The molecule has 1 heterocycles. The minimum absolute atomic E-state index is 0.00319. The van der Waals surface area contributed by atoms with Gasteiger partial charge in [-0.15, -0.1) is 11.8 Å². The molecule has 0 unspecified atom stereocenters. The highest BCUT2D eigenvalue weighted by Crippen LogP contribution is 2.30. The zero-order chi connectivity index (χ0) is 20.1. The lowest BCUT2D eigenvalue weighted by atomic mass is 10.2. The van der Waals surface area contributed by atoms with E-state index in [1.165, 1.54) is 17.8 Å². The fourth-order valence-electron chi connectivity index (χ4n) is 2.94. The van der Waals surface area contributed by atoms with Gasteiger partial charge in [-0.05, 0) is 54.4 Å². The Morgan fingerprint density at radius 1 is 1.18 bits per heavy atom. The predicted molar refractivity (Wildman–Crippen MR) is 110 cm³/mol.